The van der Waals surface area contributed by atoms with E-state index in [1.54, 1.807) is 0 Å². The van der Waals surface area contributed by atoms with Crippen LogP contribution >= 0.6 is 12.4 Å². The minimum Gasteiger partial charge on any atom is -0.351 e. The molecule has 1 unspecified atom stereocenters. The van der Waals surface area contributed by atoms with Crippen molar-refractivity contribution >= 4 is 18.3 Å². The first kappa shape index (κ1) is 18.0. The second-order valence-corrected chi connectivity index (χ2v) is 5.67. The molecular formula is C17H27ClN2O. The third-order valence-electron chi connectivity index (χ3n) is 4.60. The second kappa shape index (κ2) is 8.40. The summed E-state index contributed by atoms with van der Waals surface area (Å²) < 4.78 is 0. The van der Waals surface area contributed by atoms with Crippen LogP contribution in [0.25, 0.3) is 0 Å². The van der Waals surface area contributed by atoms with E-state index in [0.29, 0.717) is 0 Å². The summed E-state index contributed by atoms with van der Waals surface area (Å²) in [5, 5.41) is 6.61. The zero-order valence-corrected chi connectivity index (χ0v) is 13.8. The fraction of sp³-hybridized carbons (Fsp3) is 0.588. The Bertz CT molecular complexity index is 426. The van der Waals surface area contributed by atoms with Gasteiger partial charge >= 0.3 is 0 Å². The van der Waals surface area contributed by atoms with Crippen LogP contribution in [0.2, 0.25) is 0 Å². The van der Waals surface area contributed by atoms with Crippen molar-refractivity contribution in [1.82, 2.24) is 10.6 Å². The van der Waals surface area contributed by atoms with Crippen molar-refractivity contribution in [3.8, 4) is 0 Å². The lowest BCUT2D eigenvalue weighted by molar-refractivity contribution is -0.128. The molecule has 1 aliphatic heterocycles. The number of piperidine rings is 1. The Morgan fingerprint density at radius 1 is 1.29 bits per heavy atom. The van der Waals surface area contributed by atoms with Gasteiger partial charge in [-0.3, -0.25) is 4.79 Å². The van der Waals surface area contributed by atoms with Crippen LogP contribution in [0.4, 0.5) is 0 Å². The van der Waals surface area contributed by atoms with E-state index in [4.69, 9.17) is 0 Å². The maximum absolute atomic E-state index is 12.9. The molecule has 1 fully saturated rings. The van der Waals surface area contributed by atoms with Crippen LogP contribution in [-0.4, -0.2) is 25.0 Å². The second-order valence-electron chi connectivity index (χ2n) is 5.67. The Labute approximate surface area is 134 Å². The van der Waals surface area contributed by atoms with Gasteiger partial charge in [-0.15, -0.1) is 12.4 Å². The molecule has 0 aromatic heterocycles. The van der Waals surface area contributed by atoms with Crippen LogP contribution in [0, 0.1) is 0 Å². The molecule has 1 aromatic rings. The average molecular weight is 311 g/mol. The highest BCUT2D eigenvalue weighted by Crippen LogP contribution is 2.32. The standard InChI is InChI=1S/C17H26N2O.ClH/c1-3-17(4-2,14-9-6-5-7-10-14)16(20)19-15-11-8-12-18-13-15;/h5-7,9-10,15,18H,3-4,8,11-13H2,1-2H3,(H,19,20);1H. The zero-order chi connectivity index (χ0) is 14.4. The summed E-state index contributed by atoms with van der Waals surface area (Å²) in [7, 11) is 0. The molecule has 0 saturated carbocycles. The number of carbonyl (C=O) groups excluding carboxylic acids is 1. The Kier molecular flexibility index (Phi) is 7.20. The minimum atomic E-state index is -0.390. The summed E-state index contributed by atoms with van der Waals surface area (Å²) in [6.07, 6.45) is 3.89. The van der Waals surface area contributed by atoms with Crippen LogP contribution in [0.1, 0.15) is 45.1 Å². The third kappa shape index (κ3) is 3.98. The molecular weight excluding hydrogens is 284 g/mol. The zero-order valence-electron chi connectivity index (χ0n) is 13.0. The third-order valence-corrected chi connectivity index (χ3v) is 4.60. The molecule has 4 heteroatoms. The fourth-order valence-corrected chi connectivity index (χ4v) is 3.17. The number of halogens is 1. The molecule has 0 aliphatic carbocycles. The number of hydrogen-bond acceptors (Lipinski definition) is 2. The number of benzene rings is 1. The quantitative estimate of drug-likeness (QED) is 0.877. The van der Waals surface area contributed by atoms with E-state index in [0.717, 1.165) is 44.3 Å². The molecule has 1 aliphatic rings. The van der Waals surface area contributed by atoms with Crippen molar-refractivity contribution < 1.29 is 4.79 Å². The van der Waals surface area contributed by atoms with Crippen molar-refractivity contribution in [3.05, 3.63) is 35.9 Å². The summed E-state index contributed by atoms with van der Waals surface area (Å²) in [6.45, 7) is 6.17. The van der Waals surface area contributed by atoms with E-state index in [2.05, 4.69) is 36.6 Å². The average Bonchev–Trinajstić information content (AvgIpc) is 2.51. The van der Waals surface area contributed by atoms with E-state index in [1.807, 2.05) is 18.2 Å². The monoisotopic (exact) mass is 310 g/mol. The largest absolute Gasteiger partial charge is 0.351 e. The molecule has 1 atom stereocenters. The fourth-order valence-electron chi connectivity index (χ4n) is 3.17. The number of nitrogens with one attached hydrogen (secondary N) is 2. The first-order chi connectivity index (χ1) is 9.73. The summed E-state index contributed by atoms with van der Waals surface area (Å²) in [4.78, 5) is 12.9. The van der Waals surface area contributed by atoms with Gasteiger partial charge in [0.05, 0.1) is 5.41 Å². The van der Waals surface area contributed by atoms with E-state index >= 15 is 0 Å². The van der Waals surface area contributed by atoms with Crippen molar-refractivity contribution in [2.75, 3.05) is 13.1 Å². The van der Waals surface area contributed by atoms with Crippen molar-refractivity contribution in [1.29, 1.82) is 0 Å². The van der Waals surface area contributed by atoms with E-state index in [9.17, 15) is 4.79 Å². The molecule has 21 heavy (non-hydrogen) atoms. The lowest BCUT2D eigenvalue weighted by atomic mass is 9.75. The van der Waals surface area contributed by atoms with Gasteiger partial charge in [0.25, 0.3) is 0 Å². The maximum atomic E-state index is 12.9. The molecule has 0 spiro atoms. The summed E-state index contributed by atoms with van der Waals surface area (Å²) in [6, 6.07) is 10.5. The van der Waals surface area contributed by atoms with Crippen LogP contribution in [0.3, 0.4) is 0 Å². The van der Waals surface area contributed by atoms with E-state index < -0.39 is 5.41 Å². The highest BCUT2D eigenvalue weighted by molar-refractivity contribution is 5.88. The molecule has 0 radical (unpaired) electrons. The summed E-state index contributed by atoms with van der Waals surface area (Å²) >= 11 is 0. The lowest BCUT2D eigenvalue weighted by Gasteiger charge is -2.34. The molecule has 1 heterocycles. The molecule has 2 rings (SSSR count). The first-order valence-electron chi connectivity index (χ1n) is 7.80. The van der Waals surface area contributed by atoms with E-state index in [1.165, 1.54) is 0 Å². The molecule has 3 nitrogen and oxygen atoms in total. The normalized spacial score (nSPS) is 18.7. The lowest BCUT2D eigenvalue weighted by Crippen LogP contribution is -2.52. The van der Waals surface area contributed by atoms with Gasteiger partial charge < -0.3 is 10.6 Å². The number of rotatable bonds is 5. The van der Waals surface area contributed by atoms with Gasteiger partial charge in [0.1, 0.15) is 0 Å². The topological polar surface area (TPSA) is 41.1 Å². The van der Waals surface area contributed by atoms with Crippen molar-refractivity contribution in [2.45, 2.75) is 51.0 Å². The first-order valence-corrected chi connectivity index (χ1v) is 7.80. The number of amides is 1. The molecule has 118 valence electrons. The highest BCUT2D eigenvalue weighted by atomic mass is 35.5. The Hall–Kier alpha value is -1.06. The Morgan fingerprint density at radius 2 is 1.95 bits per heavy atom. The van der Waals surface area contributed by atoms with Gasteiger partial charge in [-0.1, -0.05) is 44.2 Å². The van der Waals surface area contributed by atoms with Crippen LogP contribution in [0.15, 0.2) is 30.3 Å². The van der Waals surface area contributed by atoms with Gasteiger partial charge in [0, 0.05) is 12.6 Å². The van der Waals surface area contributed by atoms with Crippen LogP contribution in [0.5, 0.6) is 0 Å². The molecule has 0 bridgehead atoms. The van der Waals surface area contributed by atoms with Crippen LogP contribution < -0.4 is 10.6 Å². The number of hydrogen-bond donors (Lipinski definition) is 2. The van der Waals surface area contributed by atoms with Crippen molar-refractivity contribution in [2.24, 2.45) is 0 Å². The molecule has 1 amide bonds. The van der Waals surface area contributed by atoms with Crippen molar-refractivity contribution in [3.63, 3.8) is 0 Å². The SMILES string of the molecule is CCC(CC)(C(=O)NC1CCCNC1)c1ccccc1.Cl. The van der Waals surface area contributed by atoms with E-state index in [-0.39, 0.29) is 24.4 Å². The predicted molar refractivity (Wildman–Crippen MR) is 90.0 cm³/mol. The van der Waals surface area contributed by atoms with Gasteiger partial charge in [0.2, 0.25) is 5.91 Å². The Balaban J connectivity index is 0.00000220. The predicted octanol–water partition coefficient (Wildman–Crippen LogP) is 3.03. The smallest absolute Gasteiger partial charge is 0.230 e. The molecule has 1 saturated heterocycles. The number of carbonyl (C=O) groups is 1. The van der Waals surface area contributed by atoms with Gasteiger partial charge in [0.15, 0.2) is 0 Å². The van der Waals surface area contributed by atoms with Gasteiger partial charge in [-0.2, -0.15) is 0 Å². The minimum absolute atomic E-state index is 0. The van der Waals surface area contributed by atoms with Gasteiger partial charge in [-0.25, -0.2) is 0 Å². The Morgan fingerprint density at radius 3 is 2.48 bits per heavy atom. The van der Waals surface area contributed by atoms with Crippen LogP contribution in [-0.2, 0) is 10.2 Å². The maximum Gasteiger partial charge on any atom is 0.230 e. The molecule has 2 N–H and O–H groups in total. The molecule has 1 aromatic carbocycles. The van der Waals surface area contributed by atoms with Gasteiger partial charge in [-0.05, 0) is 37.8 Å². The highest BCUT2D eigenvalue weighted by Gasteiger charge is 2.37. The summed E-state index contributed by atoms with van der Waals surface area (Å²) in [5.74, 6) is 0.183. The summed E-state index contributed by atoms with van der Waals surface area (Å²) in [5.41, 5.74) is 0.741.